The van der Waals surface area contributed by atoms with E-state index in [0.717, 1.165) is 12.0 Å². The van der Waals surface area contributed by atoms with Crippen LogP contribution < -0.4 is 10.6 Å². The van der Waals surface area contributed by atoms with Crippen molar-refractivity contribution in [3.63, 3.8) is 0 Å². The zero-order valence-electron chi connectivity index (χ0n) is 11.6. The van der Waals surface area contributed by atoms with Gasteiger partial charge < -0.3 is 10.6 Å². The first-order chi connectivity index (χ1) is 9.75. The molecule has 0 saturated heterocycles. The summed E-state index contributed by atoms with van der Waals surface area (Å²) in [4.78, 5) is 11.7. The molecule has 1 aromatic rings. The second-order valence-corrected chi connectivity index (χ2v) is 5.47. The Hall–Kier alpha value is -1.48. The average Bonchev–Trinajstić information content (AvgIpc) is 2.47. The molecule has 0 saturated carbocycles. The van der Waals surface area contributed by atoms with Gasteiger partial charge in [0, 0.05) is 18.1 Å². The summed E-state index contributed by atoms with van der Waals surface area (Å²) >= 11 is 6.03. The number of nitrogens with one attached hydrogen (secondary N) is 2. The van der Waals surface area contributed by atoms with Crippen molar-refractivity contribution in [2.75, 3.05) is 6.54 Å². The van der Waals surface area contributed by atoms with Crippen molar-refractivity contribution in [2.24, 2.45) is 0 Å². The Bertz CT molecular complexity index is 485. The molecule has 3 nitrogen and oxygen atoms in total. The van der Waals surface area contributed by atoms with Gasteiger partial charge in [-0.05, 0) is 43.7 Å². The molecule has 108 valence electrons. The van der Waals surface area contributed by atoms with Crippen LogP contribution in [0.2, 0.25) is 5.02 Å². The highest BCUT2D eigenvalue weighted by Gasteiger charge is 2.05. The fourth-order valence-corrected chi connectivity index (χ4v) is 2.55. The second-order valence-electron chi connectivity index (χ2n) is 5.06. The topological polar surface area (TPSA) is 41.1 Å². The smallest absolute Gasteiger partial charge is 0.315 e. The Morgan fingerprint density at radius 2 is 2.05 bits per heavy atom. The number of carbonyl (C=O) groups excluding carboxylic acids is 1. The summed E-state index contributed by atoms with van der Waals surface area (Å²) in [5, 5.41) is 6.39. The minimum absolute atomic E-state index is 0.138. The van der Waals surface area contributed by atoms with Crippen molar-refractivity contribution < 1.29 is 4.79 Å². The average molecular weight is 293 g/mol. The number of amides is 2. The minimum Gasteiger partial charge on any atom is -0.338 e. The summed E-state index contributed by atoms with van der Waals surface area (Å²) in [7, 11) is 0. The van der Waals surface area contributed by atoms with Crippen LogP contribution in [0.1, 0.15) is 37.7 Å². The van der Waals surface area contributed by atoms with E-state index in [4.69, 9.17) is 11.6 Å². The predicted molar refractivity (Wildman–Crippen MR) is 82.9 cm³/mol. The van der Waals surface area contributed by atoms with Gasteiger partial charge in [0.25, 0.3) is 0 Å². The molecule has 0 aromatic heterocycles. The van der Waals surface area contributed by atoms with E-state index in [2.05, 4.69) is 16.7 Å². The number of benzene rings is 1. The molecule has 1 aliphatic carbocycles. The van der Waals surface area contributed by atoms with Gasteiger partial charge in [0.05, 0.1) is 0 Å². The standard InChI is InChI=1S/C16H21ClN2O/c17-15-9-5-4-8-14(15)12-19-16(20)18-11-10-13-6-2-1-3-7-13/h4-6,8-9H,1-3,7,10-12H2,(H2,18,19,20). The Kier molecular flexibility index (Phi) is 5.93. The summed E-state index contributed by atoms with van der Waals surface area (Å²) in [6, 6.07) is 7.39. The summed E-state index contributed by atoms with van der Waals surface area (Å²) in [5.41, 5.74) is 2.40. The maximum atomic E-state index is 11.7. The zero-order chi connectivity index (χ0) is 14.2. The normalized spacial score (nSPS) is 14.6. The first kappa shape index (κ1) is 14.9. The van der Waals surface area contributed by atoms with Crippen LogP contribution in [0.15, 0.2) is 35.9 Å². The molecule has 2 N–H and O–H groups in total. The van der Waals surface area contributed by atoms with Crippen molar-refractivity contribution >= 4 is 17.6 Å². The van der Waals surface area contributed by atoms with Gasteiger partial charge in [-0.1, -0.05) is 41.4 Å². The third-order valence-electron chi connectivity index (χ3n) is 3.51. The summed E-state index contributed by atoms with van der Waals surface area (Å²) in [6.45, 7) is 1.15. The maximum absolute atomic E-state index is 11.7. The van der Waals surface area contributed by atoms with E-state index in [1.807, 2.05) is 24.3 Å². The van der Waals surface area contributed by atoms with Crippen molar-refractivity contribution in [1.29, 1.82) is 0 Å². The quantitative estimate of drug-likeness (QED) is 0.791. The van der Waals surface area contributed by atoms with Gasteiger partial charge in [0.15, 0.2) is 0 Å². The zero-order valence-corrected chi connectivity index (χ0v) is 12.4. The van der Waals surface area contributed by atoms with Crippen molar-refractivity contribution in [3.05, 3.63) is 46.5 Å². The molecule has 20 heavy (non-hydrogen) atoms. The molecule has 0 atom stereocenters. The lowest BCUT2D eigenvalue weighted by Gasteiger charge is -2.13. The van der Waals surface area contributed by atoms with E-state index in [-0.39, 0.29) is 6.03 Å². The number of hydrogen-bond donors (Lipinski definition) is 2. The van der Waals surface area contributed by atoms with Gasteiger partial charge in [-0.25, -0.2) is 4.79 Å². The van der Waals surface area contributed by atoms with Gasteiger partial charge in [-0.15, -0.1) is 0 Å². The Labute approximate surface area is 125 Å². The van der Waals surface area contributed by atoms with Crippen molar-refractivity contribution in [3.8, 4) is 0 Å². The fourth-order valence-electron chi connectivity index (χ4n) is 2.35. The van der Waals surface area contributed by atoms with Crippen LogP contribution in [-0.4, -0.2) is 12.6 Å². The molecule has 2 amide bonds. The fraction of sp³-hybridized carbons (Fsp3) is 0.438. The molecule has 0 radical (unpaired) electrons. The molecule has 0 unspecified atom stereocenters. The molecule has 0 fully saturated rings. The van der Waals surface area contributed by atoms with Crippen LogP contribution in [0, 0.1) is 0 Å². The number of halogens is 1. The van der Waals surface area contributed by atoms with E-state index in [1.165, 1.54) is 31.3 Å². The molecule has 0 spiro atoms. The maximum Gasteiger partial charge on any atom is 0.315 e. The third kappa shape index (κ3) is 4.89. The van der Waals surface area contributed by atoms with Crippen molar-refractivity contribution in [1.82, 2.24) is 10.6 Å². The van der Waals surface area contributed by atoms with Crippen molar-refractivity contribution in [2.45, 2.75) is 38.6 Å². The van der Waals surface area contributed by atoms with Crippen LogP contribution in [0.4, 0.5) is 4.79 Å². The van der Waals surface area contributed by atoms with Gasteiger partial charge in [-0.2, -0.15) is 0 Å². The SMILES string of the molecule is O=C(NCCC1=CCCCC1)NCc1ccccc1Cl. The molecular formula is C16H21ClN2O. The van der Waals surface area contributed by atoms with E-state index < -0.39 is 0 Å². The minimum atomic E-state index is -0.138. The Morgan fingerprint density at radius 1 is 1.20 bits per heavy atom. The molecule has 1 aromatic carbocycles. The van der Waals surface area contributed by atoms with Crippen LogP contribution in [-0.2, 0) is 6.54 Å². The molecule has 2 rings (SSSR count). The molecular weight excluding hydrogens is 272 g/mol. The van der Waals surface area contributed by atoms with Crippen LogP contribution in [0.25, 0.3) is 0 Å². The van der Waals surface area contributed by atoms with E-state index in [9.17, 15) is 4.79 Å². The van der Waals surface area contributed by atoms with Crippen LogP contribution in [0.5, 0.6) is 0 Å². The number of rotatable bonds is 5. The lowest BCUT2D eigenvalue weighted by molar-refractivity contribution is 0.240. The molecule has 0 aliphatic heterocycles. The number of hydrogen-bond acceptors (Lipinski definition) is 1. The monoisotopic (exact) mass is 292 g/mol. The largest absolute Gasteiger partial charge is 0.338 e. The molecule has 0 bridgehead atoms. The van der Waals surface area contributed by atoms with Crippen LogP contribution in [0.3, 0.4) is 0 Å². The van der Waals surface area contributed by atoms with E-state index >= 15 is 0 Å². The lowest BCUT2D eigenvalue weighted by Crippen LogP contribution is -2.35. The third-order valence-corrected chi connectivity index (χ3v) is 3.88. The van der Waals surface area contributed by atoms with Gasteiger partial charge in [0.2, 0.25) is 0 Å². The first-order valence-corrected chi connectivity index (χ1v) is 7.56. The Balaban J connectivity index is 1.65. The molecule has 0 heterocycles. The number of carbonyl (C=O) groups is 1. The highest BCUT2D eigenvalue weighted by molar-refractivity contribution is 6.31. The first-order valence-electron chi connectivity index (χ1n) is 7.19. The Morgan fingerprint density at radius 3 is 2.80 bits per heavy atom. The molecule has 1 aliphatic rings. The lowest BCUT2D eigenvalue weighted by atomic mass is 9.97. The number of urea groups is 1. The van der Waals surface area contributed by atoms with Crippen LogP contribution >= 0.6 is 11.6 Å². The predicted octanol–water partition coefficient (Wildman–Crippen LogP) is 4.03. The van der Waals surface area contributed by atoms with E-state index in [1.54, 1.807) is 0 Å². The highest BCUT2D eigenvalue weighted by Crippen LogP contribution is 2.19. The van der Waals surface area contributed by atoms with Gasteiger partial charge >= 0.3 is 6.03 Å². The molecule has 4 heteroatoms. The summed E-state index contributed by atoms with van der Waals surface area (Å²) in [5.74, 6) is 0. The van der Waals surface area contributed by atoms with E-state index in [0.29, 0.717) is 18.1 Å². The summed E-state index contributed by atoms with van der Waals surface area (Å²) < 4.78 is 0. The highest BCUT2D eigenvalue weighted by atomic mass is 35.5. The summed E-state index contributed by atoms with van der Waals surface area (Å²) in [6.07, 6.45) is 8.23. The van der Waals surface area contributed by atoms with Gasteiger partial charge in [-0.3, -0.25) is 0 Å². The second kappa shape index (κ2) is 7.95. The number of allylic oxidation sites excluding steroid dienone is 1. The van der Waals surface area contributed by atoms with Gasteiger partial charge in [0.1, 0.15) is 0 Å².